The summed E-state index contributed by atoms with van der Waals surface area (Å²) in [7, 11) is 0. The van der Waals surface area contributed by atoms with Gasteiger partial charge in [-0.15, -0.1) is 0 Å². The van der Waals surface area contributed by atoms with Crippen molar-refractivity contribution >= 4 is 11.9 Å². The van der Waals surface area contributed by atoms with Crippen molar-refractivity contribution in [3.63, 3.8) is 0 Å². The van der Waals surface area contributed by atoms with Crippen molar-refractivity contribution in [1.82, 2.24) is 5.32 Å². The number of hydrogen-bond donors (Lipinski definition) is 6. The summed E-state index contributed by atoms with van der Waals surface area (Å²) in [5, 5.41) is 57.0. The molecule has 11 heteroatoms. The predicted octanol–water partition coefficient (Wildman–Crippen LogP) is 16.2. The van der Waals surface area contributed by atoms with E-state index < -0.39 is 67.4 Å². The fraction of sp³-hybridized carbons (Fsp3) is 0.690. The zero-order valence-electron chi connectivity index (χ0n) is 51.8. The second-order valence-corrected chi connectivity index (χ2v) is 22.1. The molecule has 0 aromatic carbocycles. The summed E-state index contributed by atoms with van der Waals surface area (Å²) in [5.41, 5.74) is 0. The smallest absolute Gasteiger partial charge is 0.306 e. The highest BCUT2D eigenvalue weighted by Crippen LogP contribution is 2.26. The number of carbonyl (C=O) groups is 2. The van der Waals surface area contributed by atoms with Crippen LogP contribution < -0.4 is 5.32 Å². The molecule has 1 aliphatic heterocycles. The highest BCUT2D eigenvalue weighted by Gasteiger charge is 2.47. The monoisotopic (exact) mass is 1150 g/mol. The molecule has 0 aromatic rings. The normalized spacial score (nSPS) is 19.4. The second-order valence-electron chi connectivity index (χ2n) is 22.1. The number of hydrogen-bond acceptors (Lipinski definition) is 10. The van der Waals surface area contributed by atoms with Gasteiger partial charge in [0.2, 0.25) is 5.91 Å². The molecular formula is C71H119NO10. The molecular weight excluding hydrogens is 1030 g/mol. The quantitative estimate of drug-likeness (QED) is 0.0195. The van der Waals surface area contributed by atoms with Crippen molar-refractivity contribution in [3.05, 3.63) is 122 Å². The number of aliphatic hydroxyl groups excluding tert-OH is 5. The minimum Gasteiger partial charge on any atom is -0.454 e. The maximum Gasteiger partial charge on any atom is 0.306 e. The summed E-state index contributed by atoms with van der Waals surface area (Å²) in [5.74, 6) is -1.27. The first-order valence-electron chi connectivity index (χ1n) is 32.8. The Balaban J connectivity index is 2.65. The van der Waals surface area contributed by atoms with E-state index in [-0.39, 0.29) is 19.4 Å². The average Bonchev–Trinajstić information content (AvgIpc) is 3.68. The first kappa shape index (κ1) is 76.1. The van der Waals surface area contributed by atoms with Crippen LogP contribution >= 0.6 is 0 Å². The molecule has 11 nitrogen and oxygen atoms in total. The van der Waals surface area contributed by atoms with Crippen molar-refractivity contribution < 1.29 is 49.3 Å². The van der Waals surface area contributed by atoms with Gasteiger partial charge in [-0.2, -0.15) is 0 Å². The molecule has 8 atom stereocenters. The molecule has 8 unspecified atom stereocenters. The van der Waals surface area contributed by atoms with Gasteiger partial charge in [-0.1, -0.05) is 258 Å². The average molecular weight is 1150 g/mol. The standard InChI is InChI=1S/C71H119NO10/c1-4-7-10-13-16-19-22-25-27-29-30-31-32-33-34-35-36-37-39-41-44-47-50-53-56-59-66(76)82-69-68(78)67(77)65(60-73)81-71(69)80-61-62(63(74)57-54-51-48-45-42-24-21-18-15-12-9-6-3)72-70(79)64(75)58-55-52-49-46-43-40-38-28-26-23-20-17-14-11-8-5-2/h8,11,16-17,19-20,25-28,30-31,33-34,40,43,49,52,54,57,62-65,67-69,71,73-75,77-78H,4-7,9-10,12-15,18,21-24,29,32,35-39,41-42,44-48,50-51,53,55-56,58-61H2,1-3H3,(H,72,79)/b11-8-,19-16-,20-17-,27-25-,28-26-,31-30-,34-33-,43-40-,52-49-,57-54+. The number of allylic oxidation sites excluding steroid dienone is 19. The number of rotatable bonds is 54. The Labute approximate surface area is 500 Å². The van der Waals surface area contributed by atoms with E-state index in [2.05, 4.69) is 123 Å². The van der Waals surface area contributed by atoms with Crippen LogP contribution in [0.1, 0.15) is 252 Å². The Morgan fingerprint density at radius 1 is 0.488 bits per heavy atom. The molecule has 1 fully saturated rings. The minimum atomic E-state index is -1.63. The fourth-order valence-corrected chi connectivity index (χ4v) is 9.43. The van der Waals surface area contributed by atoms with Gasteiger partial charge < -0.3 is 45.1 Å². The fourth-order valence-electron chi connectivity index (χ4n) is 9.43. The Bertz CT molecular complexity index is 1800. The summed E-state index contributed by atoms with van der Waals surface area (Å²) < 4.78 is 17.6. The lowest BCUT2D eigenvalue weighted by Crippen LogP contribution is -2.61. The Morgan fingerprint density at radius 3 is 1.34 bits per heavy atom. The molecule has 82 heavy (non-hydrogen) atoms. The third-order valence-corrected chi connectivity index (χ3v) is 14.6. The van der Waals surface area contributed by atoms with Crippen molar-refractivity contribution in [2.75, 3.05) is 13.2 Å². The third-order valence-electron chi connectivity index (χ3n) is 14.6. The number of ether oxygens (including phenoxy) is 3. The maximum absolute atomic E-state index is 13.4. The van der Waals surface area contributed by atoms with E-state index in [1.165, 1.54) is 96.3 Å². The summed E-state index contributed by atoms with van der Waals surface area (Å²) in [6.45, 7) is 5.60. The molecule has 6 N–H and O–H groups in total. The lowest BCUT2D eigenvalue weighted by molar-refractivity contribution is -0.305. The van der Waals surface area contributed by atoms with Crippen molar-refractivity contribution in [1.29, 1.82) is 0 Å². The molecule has 468 valence electrons. The van der Waals surface area contributed by atoms with Crippen LogP contribution in [0.4, 0.5) is 0 Å². The van der Waals surface area contributed by atoms with Gasteiger partial charge in [0.15, 0.2) is 12.4 Å². The number of aliphatic hydroxyl groups is 5. The van der Waals surface area contributed by atoms with Crippen LogP contribution in [0.25, 0.3) is 0 Å². The molecule has 1 aliphatic rings. The van der Waals surface area contributed by atoms with E-state index >= 15 is 0 Å². The van der Waals surface area contributed by atoms with Gasteiger partial charge in [-0.3, -0.25) is 9.59 Å². The Hall–Kier alpha value is -3.94. The molecule has 0 saturated carbocycles. The van der Waals surface area contributed by atoms with E-state index in [0.717, 1.165) is 109 Å². The van der Waals surface area contributed by atoms with Crippen LogP contribution in [0, 0.1) is 0 Å². The number of carbonyl (C=O) groups excluding carboxylic acids is 2. The molecule has 0 aliphatic carbocycles. The van der Waals surface area contributed by atoms with E-state index in [0.29, 0.717) is 12.8 Å². The zero-order valence-corrected chi connectivity index (χ0v) is 51.8. The van der Waals surface area contributed by atoms with Crippen LogP contribution in [-0.2, 0) is 23.8 Å². The Morgan fingerprint density at radius 2 is 0.878 bits per heavy atom. The number of amides is 1. The predicted molar refractivity (Wildman–Crippen MR) is 342 cm³/mol. The number of esters is 1. The summed E-state index contributed by atoms with van der Waals surface area (Å²) >= 11 is 0. The van der Waals surface area contributed by atoms with Gasteiger partial charge in [0.25, 0.3) is 0 Å². The van der Waals surface area contributed by atoms with Crippen LogP contribution in [0.3, 0.4) is 0 Å². The molecule has 1 saturated heterocycles. The minimum absolute atomic E-state index is 0.103. The van der Waals surface area contributed by atoms with Gasteiger partial charge in [0, 0.05) is 6.42 Å². The van der Waals surface area contributed by atoms with Crippen LogP contribution in [-0.4, -0.2) is 99.6 Å². The van der Waals surface area contributed by atoms with Crippen LogP contribution in [0.2, 0.25) is 0 Å². The van der Waals surface area contributed by atoms with E-state index in [1.54, 1.807) is 6.08 Å². The first-order chi connectivity index (χ1) is 40.2. The van der Waals surface area contributed by atoms with E-state index in [9.17, 15) is 35.1 Å². The molecule has 0 spiro atoms. The molecule has 1 rings (SSSR count). The van der Waals surface area contributed by atoms with Gasteiger partial charge in [0.05, 0.1) is 25.4 Å². The summed E-state index contributed by atoms with van der Waals surface area (Å²) in [6.07, 6.45) is 69.6. The lowest BCUT2D eigenvalue weighted by atomic mass is 9.99. The van der Waals surface area contributed by atoms with Crippen molar-refractivity contribution in [3.8, 4) is 0 Å². The van der Waals surface area contributed by atoms with E-state index in [4.69, 9.17) is 14.2 Å². The van der Waals surface area contributed by atoms with Gasteiger partial charge in [-0.05, 0) is 109 Å². The molecule has 0 radical (unpaired) electrons. The number of nitrogens with one attached hydrogen (secondary N) is 1. The molecule has 0 aromatic heterocycles. The maximum atomic E-state index is 13.4. The van der Waals surface area contributed by atoms with Crippen molar-refractivity contribution in [2.45, 2.75) is 301 Å². The third kappa shape index (κ3) is 44.6. The topological polar surface area (TPSA) is 175 Å². The van der Waals surface area contributed by atoms with Gasteiger partial charge in [-0.25, -0.2) is 0 Å². The SMILES string of the molecule is CC/C=C\C/C=C\C/C=C\C/C=C\C/C=C\CCC(O)C(=O)NC(COC1OC(CO)C(O)C(O)C1OC(=O)CCCCCCCCCCC/C=C\C/C=C\C/C=C\C/C=C\CCCCC)C(O)/C=C/CCCCCCCCCCCC. The van der Waals surface area contributed by atoms with Gasteiger partial charge in [0.1, 0.15) is 24.4 Å². The largest absolute Gasteiger partial charge is 0.454 e. The van der Waals surface area contributed by atoms with Crippen molar-refractivity contribution in [2.24, 2.45) is 0 Å². The summed E-state index contributed by atoms with van der Waals surface area (Å²) in [6, 6.07) is -1.06. The number of unbranched alkanes of at least 4 members (excludes halogenated alkanes) is 22. The molecule has 0 bridgehead atoms. The molecule has 1 amide bonds. The first-order valence-corrected chi connectivity index (χ1v) is 32.8. The van der Waals surface area contributed by atoms with E-state index in [1.807, 2.05) is 18.2 Å². The zero-order chi connectivity index (χ0) is 59.6. The Kier molecular flexibility index (Phi) is 53.3. The second kappa shape index (κ2) is 57.5. The van der Waals surface area contributed by atoms with Gasteiger partial charge >= 0.3 is 5.97 Å². The highest BCUT2D eigenvalue weighted by molar-refractivity contribution is 5.80. The summed E-state index contributed by atoms with van der Waals surface area (Å²) in [4.78, 5) is 26.6. The highest BCUT2D eigenvalue weighted by atomic mass is 16.7. The lowest BCUT2D eigenvalue weighted by Gasteiger charge is -2.41. The van der Waals surface area contributed by atoms with Crippen LogP contribution in [0.15, 0.2) is 122 Å². The van der Waals surface area contributed by atoms with Crippen LogP contribution in [0.5, 0.6) is 0 Å². The molecule has 1 heterocycles.